The van der Waals surface area contributed by atoms with Gasteiger partial charge in [0.1, 0.15) is 11.5 Å². The van der Waals surface area contributed by atoms with Crippen molar-refractivity contribution in [2.45, 2.75) is 50.9 Å². The van der Waals surface area contributed by atoms with Gasteiger partial charge in [-0.05, 0) is 62.8 Å². The molecule has 172 valence electrons. The van der Waals surface area contributed by atoms with Crippen molar-refractivity contribution >= 4 is 0 Å². The molecule has 1 aromatic carbocycles. The van der Waals surface area contributed by atoms with Crippen LogP contribution in [0.5, 0.6) is 11.5 Å². The molecule has 0 radical (unpaired) electrons. The summed E-state index contributed by atoms with van der Waals surface area (Å²) in [5.41, 5.74) is 0. The van der Waals surface area contributed by atoms with Gasteiger partial charge in [0.25, 0.3) is 0 Å². The summed E-state index contributed by atoms with van der Waals surface area (Å²) < 4.78 is 74.7. The monoisotopic (exact) mass is 444 g/mol. The van der Waals surface area contributed by atoms with Crippen LogP contribution in [0.3, 0.4) is 0 Å². The number of halogens is 4. The zero-order valence-corrected chi connectivity index (χ0v) is 17.3. The van der Waals surface area contributed by atoms with E-state index in [4.69, 9.17) is 14.2 Å². The van der Waals surface area contributed by atoms with Crippen LogP contribution in [-0.2, 0) is 9.47 Å². The summed E-state index contributed by atoms with van der Waals surface area (Å²) in [5, 5.41) is 0. The van der Waals surface area contributed by atoms with Crippen LogP contribution in [0, 0.1) is 17.8 Å². The molecule has 1 saturated heterocycles. The molecule has 2 fully saturated rings. The highest BCUT2D eigenvalue weighted by Gasteiger charge is 2.45. The molecule has 0 N–H and O–H groups in total. The maximum absolute atomic E-state index is 14.7. The highest BCUT2D eigenvalue weighted by molar-refractivity contribution is 5.32. The van der Waals surface area contributed by atoms with Crippen molar-refractivity contribution in [1.82, 2.24) is 0 Å². The first-order chi connectivity index (χ1) is 14.9. The molecule has 0 amide bonds. The summed E-state index contributed by atoms with van der Waals surface area (Å²) in [5.74, 6) is -0.399. The molecule has 2 aliphatic rings. The number of benzene rings is 1. The maximum Gasteiger partial charge on any atom is 0.400 e. The molecule has 1 aliphatic carbocycles. The van der Waals surface area contributed by atoms with Crippen molar-refractivity contribution in [2.24, 2.45) is 17.8 Å². The third-order valence-corrected chi connectivity index (χ3v) is 5.77. The molecule has 0 aromatic heterocycles. The van der Waals surface area contributed by atoms with Crippen LogP contribution in [0.2, 0.25) is 0 Å². The summed E-state index contributed by atoms with van der Waals surface area (Å²) >= 11 is 0. The molecule has 0 atom stereocenters. The average molecular weight is 444 g/mol. The quantitative estimate of drug-likeness (QED) is 0.246. The van der Waals surface area contributed by atoms with Gasteiger partial charge in [0.2, 0.25) is 0 Å². The lowest BCUT2D eigenvalue weighted by Gasteiger charge is -2.39. The Morgan fingerprint density at radius 2 is 1.65 bits per heavy atom. The molecule has 0 spiro atoms. The van der Waals surface area contributed by atoms with Gasteiger partial charge in [-0.25, -0.2) is 0 Å². The van der Waals surface area contributed by atoms with Crippen molar-refractivity contribution in [2.75, 3.05) is 13.2 Å². The summed E-state index contributed by atoms with van der Waals surface area (Å²) in [6.07, 6.45) is 0.193. The van der Waals surface area contributed by atoms with E-state index >= 15 is 0 Å². The Morgan fingerprint density at radius 3 is 2.23 bits per heavy atom. The second-order valence-electron chi connectivity index (χ2n) is 8.04. The fourth-order valence-corrected chi connectivity index (χ4v) is 4.02. The Kier molecular flexibility index (Phi) is 8.37. The number of allylic oxidation sites excluding steroid dienone is 1. The summed E-state index contributed by atoms with van der Waals surface area (Å²) in [6, 6.07) is 5.13. The molecule has 1 aliphatic heterocycles. The van der Waals surface area contributed by atoms with Gasteiger partial charge in [-0.1, -0.05) is 6.08 Å². The predicted octanol–water partition coefficient (Wildman–Crippen LogP) is 6.54. The highest BCUT2D eigenvalue weighted by atomic mass is 19.3. The third kappa shape index (κ3) is 6.97. The Bertz CT molecular complexity index is 718. The molecule has 0 bridgehead atoms. The fraction of sp³-hybridized carbons (Fsp3) is 0.565. The zero-order chi connectivity index (χ0) is 22.3. The van der Waals surface area contributed by atoms with Crippen LogP contribution in [0.1, 0.15) is 38.5 Å². The second-order valence-corrected chi connectivity index (χ2v) is 8.04. The lowest BCUT2D eigenvalue weighted by atomic mass is 9.80. The van der Waals surface area contributed by atoms with Gasteiger partial charge in [-0.3, -0.25) is 0 Å². The molecule has 4 nitrogen and oxygen atoms in total. The van der Waals surface area contributed by atoms with E-state index in [9.17, 15) is 17.6 Å². The summed E-state index contributed by atoms with van der Waals surface area (Å²) in [6.45, 7) is 4.98. The van der Waals surface area contributed by atoms with Crippen molar-refractivity contribution < 1.29 is 36.5 Å². The van der Waals surface area contributed by atoms with Crippen LogP contribution in [-0.4, -0.2) is 25.6 Å². The van der Waals surface area contributed by atoms with Gasteiger partial charge in [0.15, 0.2) is 12.6 Å². The number of ether oxygens (including phenoxy) is 4. The number of alkyl halides is 2. The minimum Gasteiger partial charge on any atom is -0.459 e. The van der Waals surface area contributed by atoms with E-state index in [0.717, 1.165) is 12.8 Å². The first-order valence-corrected chi connectivity index (χ1v) is 10.6. The van der Waals surface area contributed by atoms with Crippen LogP contribution < -0.4 is 9.47 Å². The largest absolute Gasteiger partial charge is 0.459 e. The van der Waals surface area contributed by atoms with Crippen molar-refractivity contribution in [3.05, 3.63) is 49.3 Å². The lowest BCUT2D eigenvalue weighted by Crippen LogP contribution is -2.42. The normalized spacial score (nSPS) is 26.7. The molecule has 3 rings (SSSR count). The van der Waals surface area contributed by atoms with E-state index in [1.807, 2.05) is 6.08 Å². The standard InChI is InChI=1S/C23H28F4O4/c1-2-3-4-16-13-29-22(30-14-16)17-5-7-18(8-6-17)23(26,27)31-20-11-9-19(10-12-20)28-15-21(24)25/h2,9-12,15-18,22H,1,3-8,13-14H2. The molecular formula is C23H28F4O4. The first kappa shape index (κ1) is 23.6. The van der Waals surface area contributed by atoms with E-state index in [1.165, 1.54) is 24.3 Å². The van der Waals surface area contributed by atoms with Crippen LogP contribution in [0.4, 0.5) is 17.6 Å². The molecule has 1 saturated carbocycles. The van der Waals surface area contributed by atoms with E-state index in [-0.39, 0.29) is 30.0 Å². The summed E-state index contributed by atoms with van der Waals surface area (Å²) in [7, 11) is 0. The predicted molar refractivity (Wildman–Crippen MR) is 107 cm³/mol. The minimum absolute atomic E-state index is 0.0475. The van der Waals surface area contributed by atoms with Crippen LogP contribution >= 0.6 is 0 Å². The smallest absolute Gasteiger partial charge is 0.400 e. The Hall–Kier alpha value is -2.06. The van der Waals surface area contributed by atoms with Gasteiger partial charge in [-0.2, -0.15) is 17.6 Å². The van der Waals surface area contributed by atoms with Crippen LogP contribution in [0.15, 0.2) is 49.3 Å². The van der Waals surface area contributed by atoms with E-state index in [1.54, 1.807) is 0 Å². The van der Waals surface area contributed by atoms with Crippen molar-refractivity contribution in [1.29, 1.82) is 0 Å². The zero-order valence-electron chi connectivity index (χ0n) is 17.3. The first-order valence-electron chi connectivity index (χ1n) is 10.6. The Morgan fingerprint density at radius 1 is 1.03 bits per heavy atom. The average Bonchev–Trinajstić information content (AvgIpc) is 2.77. The van der Waals surface area contributed by atoms with Gasteiger partial charge < -0.3 is 18.9 Å². The Labute approximate surface area is 179 Å². The highest BCUT2D eigenvalue weighted by Crippen LogP contribution is 2.42. The summed E-state index contributed by atoms with van der Waals surface area (Å²) in [4.78, 5) is 0. The van der Waals surface area contributed by atoms with Gasteiger partial charge >= 0.3 is 12.2 Å². The number of rotatable bonds is 9. The fourth-order valence-electron chi connectivity index (χ4n) is 4.02. The molecule has 31 heavy (non-hydrogen) atoms. The molecule has 1 heterocycles. The van der Waals surface area contributed by atoms with Crippen LogP contribution in [0.25, 0.3) is 0 Å². The van der Waals surface area contributed by atoms with E-state index in [2.05, 4.69) is 11.3 Å². The van der Waals surface area contributed by atoms with E-state index in [0.29, 0.717) is 44.8 Å². The molecular weight excluding hydrogens is 416 g/mol. The molecule has 1 aromatic rings. The van der Waals surface area contributed by atoms with Gasteiger partial charge in [-0.15, -0.1) is 6.58 Å². The lowest BCUT2D eigenvalue weighted by molar-refractivity contribution is -0.247. The topological polar surface area (TPSA) is 36.9 Å². The maximum atomic E-state index is 14.7. The van der Waals surface area contributed by atoms with E-state index < -0.39 is 18.1 Å². The molecule has 8 heteroatoms. The van der Waals surface area contributed by atoms with Crippen molar-refractivity contribution in [3.8, 4) is 11.5 Å². The van der Waals surface area contributed by atoms with Gasteiger partial charge in [0, 0.05) is 11.8 Å². The van der Waals surface area contributed by atoms with Crippen molar-refractivity contribution in [3.63, 3.8) is 0 Å². The third-order valence-electron chi connectivity index (χ3n) is 5.77. The molecule has 0 unspecified atom stereocenters. The Balaban J connectivity index is 1.45. The SMILES string of the molecule is C=CCCC1COC(C2CCC(C(F)(F)Oc3ccc(OC=C(F)F)cc3)CC2)OC1. The minimum atomic E-state index is -3.33. The number of hydrogen-bond donors (Lipinski definition) is 0. The second kappa shape index (κ2) is 11.0. The van der Waals surface area contributed by atoms with Gasteiger partial charge in [0.05, 0.1) is 19.1 Å². The number of hydrogen-bond acceptors (Lipinski definition) is 4.